The number of ether oxygens (including phenoxy) is 2. The summed E-state index contributed by atoms with van der Waals surface area (Å²) in [7, 11) is 1.56. The average Bonchev–Trinajstić information content (AvgIpc) is 2.57. The van der Waals surface area contributed by atoms with Crippen molar-refractivity contribution in [3.8, 4) is 11.5 Å². The first-order valence-corrected chi connectivity index (χ1v) is 8.21. The minimum absolute atomic E-state index is 0.177. The standard InChI is InChI=1S/C19H22ClNO3/c1-13(2)12-24-17-8-7-15(10-18(17)23-3)19(22)21-11-14-5-4-6-16(20)9-14/h4-10,13H,11-12H2,1-3H3,(H,21,22). The lowest BCUT2D eigenvalue weighted by molar-refractivity contribution is 0.0950. The number of nitrogens with one attached hydrogen (secondary N) is 1. The maximum absolute atomic E-state index is 12.3. The molecule has 2 aromatic carbocycles. The number of methoxy groups -OCH3 is 1. The van der Waals surface area contributed by atoms with Crippen LogP contribution in [0.1, 0.15) is 29.8 Å². The number of halogens is 1. The van der Waals surface area contributed by atoms with Gasteiger partial charge in [-0.05, 0) is 41.8 Å². The molecule has 0 aromatic heterocycles. The highest BCUT2D eigenvalue weighted by molar-refractivity contribution is 6.30. The van der Waals surface area contributed by atoms with Crippen LogP contribution in [-0.2, 0) is 6.54 Å². The summed E-state index contributed by atoms with van der Waals surface area (Å²) >= 11 is 5.94. The Hall–Kier alpha value is -2.20. The fraction of sp³-hybridized carbons (Fsp3) is 0.316. The summed E-state index contributed by atoms with van der Waals surface area (Å²) in [5, 5.41) is 3.52. The fourth-order valence-corrected chi connectivity index (χ4v) is 2.33. The van der Waals surface area contributed by atoms with E-state index < -0.39 is 0 Å². The molecule has 2 rings (SSSR count). The zero-order valence-electron chi connectivity index (χ0n) is 14.1. The molecule has 2 aromatic rings. The molecule has 0 aliphatic heterocycles. The number of carbonyl (C=O) groups excluding carboxylic acids is 1. The predicted octanol–water partition coefficient (Wildman–Crippen LogP) is 4.31. The Morgan fingerprint density at radius 2 is 1.96 bits per heavy atom. The number of benzene rings is 2. The van der Waals surface area contributed by atoms with Gasteiger partial charge in [-0.2, -0.15) is 0 Å². The first kappa shape index (κ1) is 18.1. The molecule has 128 valence electrons. The molecule has 24 heavy (non-hydrogen) atoms. The summed E-state index contributed by atoms with van der Waals surface area (Å²) < 4.78 is 11.0. The second kappa shape index (κ2) is 8.60. The van der Waals surface area contributed by atoms with E-state index in [-0.39, 0.29) is 5.91 Å². The van der Waals surface area contributed by atoms with Gasteiger partial charge < -0.3 is 14.8 Å². The third-order valence-electron chi connectivity index (χ3n) is 3.34. The van der Waals surface area contributed by atoms with Gasteiger partial charge in [0.15, 0.2) is 11.5 Å². The van der Waals surface area contributed by atoms with Gasteiger partial charge >= 0.3 is 0 Å². The highest BCUT2D eigenvalue weighted by atomic mass is 35.5. The van der Waals surface area contributed by atoms with Crippen molar-refractivity contribution in [2.45, 2.75) is 20.4 Å². The molecule has 0 spiro atoms. The molecule has 0 heterocycles. The van der Waals surface area contributed by atoms with Gasteiger partial charge in [0.25, 0.3) is 5.91 Å². The molecule has 0 atom stereocenters. The van der Waals surface area contributed by atoms with Gasteiger partial charge in [-0.15, -0.1) is 0 Å². The molecule has 0 unspecified atom stereocenters. The smallest absolute Gasteiger partial charge is 0.251 e. The van der Waals surface area contributed by atoms with Gasteiger partial charge in [0, 0.05) is 17.1 Å². The summed E-state index contributed by atoms with van der Waals surface area (Å²) in [5.74, 6) is 1.42. The van der Waals surface area contributed by atoms with Crippen LogP contribution in [-0.4, -0.2) is 19.6 Å². The van der Waals surface area contributed by atoms with Gasteiger partial charge in [-0.3, -0.25) is 4.79 Å². The molecule has 5 heteroatoms. The maximum atomic E-state index is 12.3. The van der Waals surface area contributed by atoms with Crippen LogP contribution in [0.15, 0.2) is 42.5 Å². The van der Waals surface area contributed by atoms with Crippen LogP contribution < -0.4 is 14.8 Å². The van der Waals surface area contributed by atoms with Crippen LogP contribution in [0.2, 0.25) is 5.02 Å². The van der Waals surface area contributed by atoms with E-state index in [4.69, 9.17) is 21.1 Å². The van der Waals surface area contributed by atoms with Crippen molar-refractivity contribution in [1.29, 1.82) is 0 Å². The van der Waals surface area contributed by atoms with Crippen molar-refractivity contribution in [3.05, 3.63) is 58.6 Å². The van der Waals surface area contributed by atoms with Crippen LogP contribution in [0, 0.1) is 5.92 Å². The van der Waals surface area contributed by atoms with E-state index in [1.807, 2.05) is 18.2 Å². The monoisotopic (exact) mass is 347 g/mol. The molecular formula is C19H22ClNO3. The summed E-state index contributed by atoms with van der Waals surface area (Å²) in [4.78, 5) is 12.3. The SMILES string of the molecule is COc1cc(C(=O)NCc2cccc(Cl)c2)ccc1OCC(C)C. The Morgan fingerprint density at radius 1 is 1.17 bits per heavy atom. The number of hydrogen-bond acceptors (Lipinski definition) is 3. The lowest BCUT2D eigenvalue weighted by Gasteiger charge is -2.13. The fourth-order valence-electron chi connectivity index (χ4n) is 2.12. The van der Waals surface area contributed by atoms with E-state index in [0.717, 1.165) is 5.56 Å². The first-order valence-electron chi connectivity index (χ1n) is 7.83. The molecule has 4 nitrogen and oxygen atoms in total. The Balaban J connectivity index is 2.03. The van der Waals surface area contributed by atoms with Gasteiger partial charge in [-0.1, -0.05) is 37.6 Å². The summed E-state index contributed by atoms with van der Waals surface area (Å²) in [6, 6.07) is 12.6. The zero-order valence-corrected chi connectivity index (χ0v) is 14.9. The highest BCUT2D eigenvalue weighted by Gasteiger charge is 2.11. The Morgan fingerprint density at radius 3 is 2.62 bits per heavy atom. The van der Waals surface area contributed by atoms with Crippen LogP contribution >= 0.6 is 11.6 Å². The topological polar surface area (TPSA) is 47.6 Å². The molecule has 1 amide bonds. The molecule has 0 aliphatic rings. The van der Waals surface area contributed by atoms with E-state index >= 15 is 0 Å². The number of hydrogen-bond donors (Lipinski definition) is 1. The summed E-state index contributed by atoms with van der Waals surface area (Å²) in [6.45, 7) is 5.15. The molecule has 1 N–H and O–H groups in total. The molecular weight excluding hydrogens is 326 g/mol. The molecule has 0 aliphatic carbocycles. The van der Waals surface area contributed by atoms with E-state index in [1.54, 1.807) is 31.4 Å². The largest absolute Gasteiger partial charge is 0.493 e. The van der Waals surface area contributed by atoms with Crippen molar-refractivity contribution in [2.75, 3.05) is 13.7 Å². The maximum Gasteiger partial charge on any atom is 0.251 e. The average molecular weight is 348 g/mol. The zero-order chi connectivity index (χ0) is 17.5. The Labute approximate surface area is 147 Å². The minimum atomic E-state index is -0.177. The molecule has 0 saturated heterocycles. The van der Waals surface area contributed by atoms with Crippen LogP contribution in [0.5, 0.6) is 11.5 Å². The van der Waals surface area contributed by atoms with E-state index in [2.05, 4.69) is 19.2 Å². The van der Waals surface area contributed by atoms with Crippen molar-refractivity contribution < 1.29 is 14.3 Å². The van der Waals surface area contributed by atoms with Crippen LogP contribution in [0.25, 0.3) is 0 Å². The summed E-state index contributed by atoms with van der Waals surface area (Å²) in [6.07, 6.45) is 0. The van der Waals surface area contributed by atoms with E-state index in [0.29, 0.717) is 41.2 Å². The minimum Gasteiger partial charge on any atom is -0.493 e. The Bertz CT molecular complexity index is 701. The van der Waals surface area contributed by atoms with Crippen LogP contribution in [0.3, 0.4) is 0 Å². The second-order valence-electron chi connectivity index (χ2n) is 5.88. The normalized spacial score (nSPS) is 10.5. The quantitative estimate of drug-likeness (QED) is 0.811. The van der Waals surface area contributed by atoms with Gasteiger partial charge in [0.1, 0.15) is 0 Å². The van der Waals surface area contributed by atoms with E-state index in [9.17, 15) is 4.79 Å². The van der Waals surface area contributed by atoms with E-state index in [1.165, 1.54) is 0 Å². The van der Waals surface area contributed by atoms with Gasteiger partial charge in [0.05, 0.1) is 13.7 Å². The third-order valence-corrected chi connectivity index (χ3v) is 3.58. The van der Waals surface area contributed by atoms with Crippen molar-refractivity contribution in [1.82, 2.24) is 5.32 Å². The van der Waals surface area contributed by atoms with Crippen LogP contribution in [0.4, 0.5) is 0 Å². The van der Waals surface area contributed by atoms with Crippen molar-refractivity contribution in [3.63, 3.8) is 0 Å². The predicted molar refractivity (Wildman–Crippen MR) is 95.9 cm³/mol. The highest BCUT2D eigenvalue weighted by Crippen LogP contribution is 2.28. The molecule has 0 fully saturated rings. The van der Waals surface area contributed by atoms with Gasteiger partial charge in [0.2, 0.25) is 0 Å². The Kier molecular flexibility index (Phi) is 6.50. The first-order chi connectivity index (χ1) is 11.5. The molecule has 0 saturated carbocycles. The second-order valence-corrected chi connectivity index (χ2v) is 6.32. The lowest BCUT2D eigenvalue weighted by Crippen LogP contribution is -2.22. The summed E-state index contributed by atoms with van der Waals surface area (Å²) in [5.41, 5.74) is 1.46. The lowest BCUT2D eigenvalue weighted by atomic mass is 10.1. The molecule has 0 bridgehead atoms. The third kappa shape index (κ3) is 5.17. The number of carbonyl (C=O) groups is 1. The number of rotatable bonds is 7. The van der Waals surface area contributed by atoms with Crippen molar-refractivity contribution >= 4 is 17.5 Å². The van der Waals surface area contributed by atoms with Crippen molar-refractivity contribution in [2.24, 2.45) is 5.92 Å². The van der Waals surface area contributed by atoms with Gasteiger partial charge in [-0.25, -0.2) is 0 Å². The number of amides is 1. The molecule has 0 radical (unpaired) electrons.